The van der Waals surface area contributed by atoms with Gasteiger partial charge in [0.2, 0.25) is 0 Å². The first-order valence-electron chi connectivity index (χ1n) is 3.85. The maximum atomic E-state index is 11.5. The molecule has 1 N–H and O–H groups in total. The number of rotatable bonds is 3. The second-order valence-corrected chi connectivity index (χ2v) is 4.29. The second kappa shape index (κ2) is 3.43. The Morgan fingerprint density at radius 3 is 2.54 bits per heavy atom. The van der Waals surface area contributed by atoms with Gasteiger partial charge in [-0.25, -0.2) is 17.8 Å². The van der Waals surface area contributed by atoms with Crippen LogP contribution in [0.15, 0.2) is 5.03 Å². The minimum atomic E-state index is -3.44. The van der Waals surface area contributed by atoms with Gasteiger partial charge in [0.15, 0.2) is 5.03 Å². The Bertz CT molecular complexity index is 375. The van der Waals surface area contributed by atoms with Crippen LogP contribution in [0.2, 0.25) is 0 Å². The highest BCUT2D eigenvalue weighted by molar-refractivity contribution is 7.89. The highest BCUT2D eigenvalue weighted by Gasteiger charge is 2.21. The lowest BCUT2D eigenvalue weighted by Crippen LogP contribution is -2.26. The van der Waals surface area contributed by atoms with Crippen LogP contribution in [0.25, 0.3) is 0 Å². The fraction of sp³-hybridized carbons (Fsp3) is 0.667. The molecule has 1 aromatic heterocycles. The van der Waals surface area contributed by atoms with Crippen molar-refractivity contribution in [3.05, 3.63) is 5.69 Å². The number of hydrogen-bond donors (Lipinski definition) is 1. The molecule has 0 fully saturated rings. The maximum Gasteiger partial charge on any atom is 0.259 e. The number of hydrogen-bond acceptors (Lipinski definition) is 4. The Morgan fingerprint density at radius 2 is 2.15 bits per heavy atom. The zero-order valence-corrected chi connectivity index (χ0v) is 8.59. The van der Waals surface area contributed by atoms with E-state index in [1.165, 1.54) is 4.68 Å². The fourth-order valence-corrected chi connectivity index (χ4v) is 2.41. The summed E-state index contributed by atoms with van der Waals surface area (Å²) in [5.41, 5.74) is 0.406. The van der Waals surface area contributed by atoms with Crippen molar-refractivity contribution in [1.29, 1.82) is 0 Å². The average molecular weight is 204 g/mol. The Hall–Kier alpha value is -0.950. The molecule has 0 aliphatic rings. The number of aryl methyl sites for hydroxylation is 2. The van der Waals surface area contributed by atoms with Crippen molar-refractivity contribution in [1.82, 2.24) is 19.7 Å². The molecule has 1 rings (SSSR count). The van der Waals surface area contributed by atoms with E-state index in [9.17, 15) is 8.42 Å². The summed E-state index contributed by atoms with van der Waals surface area (Å²) in [7, 11) is -1.89. The molecule has 0 bridgehead atoms. The van der Waals surface area contributed by atoms with Crippen molar-refractivity contribution in [2.24, 2.45) is 7.05 Å². The minimum Gasteiger partial charge on any atom is -0.236 e. The minimum absolute atomic E-state index is 0.120. The molecule has 7 heteroatoms. The standard InChI is InChI=1S/C6H12N4O2S/c1-4-7-13(11,12)6-5(2)8-9-10(6)3/h7H,4H2,1-3H3. The van der Waals surface area contributed by atoms with E-state index in [0.29, 0.717) is 12.2 Å². The molecule has 0 unspecified atom stereocenters. The van der Waals surface area contributed by atoms with Crippen molar-refractivity contribution >= 4 is 10.0 Å². The quantitative estimate of drug-likeness (QED) is 0.714. The summed E-state index contributed by atoms with van der Waals surface area (Å²) in [5.74, 6) is 0. The van der Waals surface area contributed by atoms with Crippen LogP contribution in [0.4, 0.5) is 0 Å². The number of nitrogens with zero attached hydrogens (tertiary/aromatic N) is 3. The van der Waals surface area contributed by atoms with Crippen LogP contribution in [-0.4, -0.2) is 30.0 Å². The summed E-state index contributed by atoms with van der Waals surface area (Å²) in [6, 6.07) is 0. The van der Waals surface area contributed by atoms with Crippen LogP contribution in [0, 0.1) is 6.92 Å². The molecule has 1 aromatic rings. The third kappa shape index (κ3) is 1.86. The van der Waals surface area contributed by atoms with Crippen molar-refractivity contribution < 1.29 is 8.42 Å². The van der Waals surface area contributed by atoms with Gasteiger partial charge in [0.05, 0.1) is 0 Å². The van der Waals surface area contributed by atoms with Crippen molar-refractivity contribution in [2.45, 2.75) is 18.9 Å². The van der Waals surface area contributed by atoms with Gasteiger partial charge in [0.1, 0.15) is 5.69 Å². The molecule has 0 saturated carbocycles. The molecule has 0 atom stereocenters. The second-order valence-electron chi connectivity index (χ2n) is 2.60. The number of nitrogens with one attached hydrogen (secondary N) is 1. The highest BCUT2D eigenvalue weighted by atomic mass is 32.2. The van der Waals surface area contributed by atoms with E-state index in [1.807, 2.05) is 0 Å². The molecule has 74 valence electrons. The predicted octanol–water partition coefficient (Wildman–Crippen LogP) is -0.578. The molecular weight excluding hydrogens is 192 g/mol. The van der Waals surface area contributed by atoms with Gasteiger partial charge in [-0.2, -0.15) is 0 Å². The van der Waals surface area contributed by atoms with Gasteiger partial charge in [-0.3, -0.25) is 0 Å². The van der Waals surface area contributed by atoms with Crippen LogP contribution in [0.5, 0.6) is 0 Å². The molecule has 0 aliphatic carbocycles. The smallest absolute Gasteiger partial charge is 0.236 e. The number of sulfonamides is 1. The van der Waals surface area contributed by atoms with E-state index in [4.69, 9.17) is 0 Å². The van der Waals surface area contributed by atoms with Gasteiger partial charge in [0, 0.05) is 13.6 Å². The first kappa shape index (κ1) is 10.1. The third-order valence-corrected chi connectivity index (χ3v) is 3.26. The molecule has 0 saturated heterocycles. The molecule has 0 spiro atoms. The van der Waals surface area contributed by atoms with Crippen LogP contribution in [0.3, 0.4) is 0 Å². The summed E-state index contributed by atoms with van der Waals surface area (Å²) >= 11 is 0. The van der Waals surface area contributed by atoms with Crippen molar-refractivity contribution in [2.75, 3.05) is 6.54 Å². The summed E-state index contributed by atoms with van der Waals surface area (Å²) in [4.78, 5) is 0. The summed E-state index contributed by atoms with van der Waals surface area (Å²) in [6.45, 7) is 3.68. The van der Waals surface area contributed by atoms with Crippen LogP contribution in [-0.2, 0) is 17.1 Å². The lowest BCUT2D eigenvalue weighted by atomic mass is 10.6. The lowest BCUT2D eigenvalue weighted by molar-refractivity contribution is 0.562. The van der Waals surface area contributed by atoms with E-state index in [2.05, 4.69) is 15.0 Å². The van der Waals surface area contributed by atoms with Crippen LogP contribution >= 0.6 is 0 Å². The van der Waals surface area contributed by atoms with Crippen LogP contribution < -0.4 is 4.72 Å². The zero-order valence-electron chi connectivity index (χ0n) is 7.77. The Kier molecular flexibility index (Phi) is 2.67. The van der Waals surface area contributed by atoms with E-state index in [1.54, 1.807) is 20.9 Å². The molecule has 0 radical (unpaired) electrons. The predicted molar refractivity (Wildman–Crippen MR) is 46.6 cm³/mol. The maximum absolute atomic E-state index is 11.5. The average Bonchev–Trinajstić information content (AvgIpc) is 2.31. The molecular formula is C6H12N4O2S. The largest absolute Gasteiger partial charge is 0.259 e. The molecule has 0 amide bonds. The summed E-state index contributed by atoms with van der Waals surface area (Å²) in [5, 5.41) is 7.39. The van der Waals surface area contributed by atoms with Gasteiger partial charge in [0.25, 0.3) is 10.0 Å². The van der Waals surface area contributed by atoms with Gasteiger partial charge in [-0.15, -0.1) is 5.10 Å². The zero-order chi connectivity index (χ0) is 10.1. The third-order valence-electron chi connectivity index (χ3n) is 1.52. The molecule has 6 nitrogen and oxygen atoms in total. The topological polar surface area (TPSA) is 76.9 Å². The van der Waals surface area contributed by atoms with Gasteiger partial charge in [-0.1, -0.05) is 12.1 Å². The molecule has 0 aromatic carbocycles. The Morgan fingerprint density at radius 1 is 1.54 bits per heavy atom. The summed E-state index contributed by atoms with van der Waals surface area (Å²) in [6.07, 6.45) is 0. The van der Waals surface area contributed by atoms with Gasteiger partial charge in [-0.05, 0) is 6.92 Å². The molecule has 13 heavy (non-hydrogen) atoms. The summed E-state index contributed by atoms with van der Waals surface area (Å²) < 4.78 is 26.7. The van der Waals surface area contributed by atoms with E-state index in [0.717, 1.165) is 0 Å². The number of aromatic nitrogens is 3. The van der Waals surface area contributed by atoms with Gasteiger partial charge < -0.3 is 0 Å². The first-order chi connectivity index (χ1) is 5.99. The first-order valence-corrected chi connectivity index (χ1v) is 5.33. The van der Waals surface area contributed by atoms with Crippen molar-refractivity contribution in [3.8, 4) is 0 Å². The van der Waals surface area contributed by atoms with Crippen molar-refractivity contribution in [3.63, 3.8) is 0 Å². The van der Waals surface area contributed by atoms with Crippen LogP contribution in [0.1, 0.15) is 12.6 Å². The lowest BCUT2D eigenvalue weighted by Gasteiger charge is -2.03. The monoisotopic (exact) mass is 204 g/mol. The molecule has 1 heterocycles. The highest BCUT2D eigenvalue weighted by Crippen LogP contribution is 2.09. The van der Waals surface area contributed by atoms with E-state index < -0.39 is 10.0 Å². The normalized spacial score (nSPS) is 11.9. The SMILES string of the molecule is CCNS(=O)(=O)c1c(C)nnn1C. The Balaban J connectivity index is 3.21. The Labute approximate surface area is 77.0 Å². The van der Waals surface area contributed by atoms with E-state index in [-0.39, 0.29) is 5.03 Å². The van der Waals surface area contributed by atoms with E-state index >= 15 is 0 Å². The molecule has 0 aliphatic heterocycles. The van der Waals surface area contributed by atoms with Gasteiger partial charge >= 0.3 is 0 Å². The fourth-order valence-electron chi connectivity index (χ4n) is 1.08.